The van der Waals surface area contributed by atoms with Gasteiger partial charge in [-0.3, -0.25) is 19.8 Å². The predicted octanol–water partition coefficient (Wildman–Crippen LogP) is 4.00. The van der Waals surface area contributed by atoms with Crippen LogP contribution in [0, 0.1) is 10.1 Å². The standard InChI is InChI=1S/C25H23N5O4/c31-25(28-13-11-27(12-14-28)18-19-6-2-1-3-7-19)23-17-22(24-10-5-15-34-24)26-29(23)20-8-4-9-21(16-20)30(32)33/h1-10,15-17H,11-14,18H2. The fraction of sp³-hybridized carbons (Fsp3) is 0.200. The summed E-state index contributed by atoms with van der Waals surface area (Å²) in [6.07, 6.45) is 1.54. The lowest BCUT2D eigenvalue weighted by Gasteiger charge is -2.34. The van der Waals surface area contributed by atoms with Crippen LogP contribution in [0.4, 0.5) is 5.69 Å². The zero-order valence-corrected chi connectivity index (χ0v) is 18.4. The van der Waals surface area contributed by atoms with Crippen LogP contribution in [0.2, 0.25) is 0 Å². The Labute approximate surface area is 196 Å². The van der Waals surface area contributed by atoms with E-state index in [2.05, 4.69) is 22.1 Å². The van der Waals surface area contributed by atoms with E-state index in [4.69, 9.17) is 4.42 Å². The average molecular weight is 457 g/mol. The maximum absolute atomic E-state index is 13.5. The number of benzene rings is 2. The van der Waals surface area contributed by atoms with E-state index in [1.54, 1.807) is 35.2 Å². The Balaban J connectivity index is 1.40. The van der Waals surface area contributed by atoms with Crippen LogP contribution in [0.15, 0.2) is 83.5 Å². The van der Waals surface area contributed by atoms with Crippen molar-refractivity contribution < 1.29 is 14.1 Å². The van der Waals surface area contributed by atoms with Crippen molar-refractivity contribution >= 4 is 11.6 Å². The summed E-state index contributed by atoms with van der Waals surface area (Å²) in [5, 5.41) is 15.8. The van der Waals surface area contributed by atoms with Gasteiger partial charge in [0, 0.05) is 50.9 Å². The van der Waals surface area contributed by atoms with E-state index in [-0.39, 0.29) is 11.6 Å². The number of non-ortho nitro benzene ring substituents is 1. The molecule has 9 heteroatoms. The van der Waals surface area contributed by atoms with Crippen LogP contribution >= 0.6 is 0 Å². The predicted molar refractivity (Wildman–Crippen MR) is 126 cm³/mol. The lowest BCUT2D eigenvalue weighted by molar-refractivity contribution is -0.384. The number of furan rings is 1. The molecule has 0 radical (unpaired) electrons. The maximum atomic E-state index is 13.5. The van der Waals surface area contributed by atoms with E-state index < -0.39 is 4.92 Å². The van der Waals surface area contributed by atoms with Crippen LogP contribution in [-0.4, -0.2) is 56.6 Å². The Morgan fingerprint density at radius 3 is 2.47 bits per heavy atom. The summed E-state index contributed by atoms with van der Waals surface area (Å²) in [5.41, 5.74) is 2.44. The molecule has 3 heterocycles. The highest BCUT2D eigenvalue weighted by Crippen LogP contribution is 2.25. The average Bonchev–Trinajstić information content (AvgIpc) is 3.55. The molecule has 0 atom stereocenters. The maximum Gasteiger partial charge on any atom is 0.272 e. The third-order valence-corrected chi connectivity index (χ3v) is 5.90. The second-order valence-electron chi connectivity index (χ2n) is 8.13. The molecule has 0 unspecified atom stereocenters. The summed E-state index contributed by atoms with van der Waals surface area (Å²) >= 11 is 0. The van der Waals surface area contributed by atoms with Crippen LogP contribution in [0.1, 0.15) is 16.1 Å². The molecular weight excluding hydrogens is 434 g/mol. The number of rotatable bonds is 6. The lowest BCUT2D eigenvalue weighted by atomic mass is 10.2. The first-order chi connectivity index (χ1) is 16.6. The summed E-state index contributed by atoms with van der Waals surface area (Å²) in [7, 11) is 0. The van der Waals surface area contributed by atoms with Crippen LogP contribution < -0.4 is 0 Å². The van der Waals surface area contributed by atoms with Crippen molar-refractivity contribution in [1.82, 2.24) is 19.6 Å². The van der Waals surface area contributed by atoms with E-state index in [0.29, 0.717) is 35.9 Å². The van der Waals surface area contributed by atoms with Crippen molar-refractivity contribution in [3.63, 3.8) is 0 Å². The molecule has 34 heavy (non-hydrogen) atoms. The van der Waals surface area contributed by atoms with Gasteiger partial charge in [0.25, 0.3) is 11.6 Å². The molecule has 2 aromatic heterocycles. The molecule has 4 aromatic rings. The summed E-state index contributed by atoms with van der Waals surface area (Å²) in [6, 6.07) is 21.5. The van der Waals surface area contributed by atoms with Crippen molar-refractivity contribution in [2.75, 3.05) is 26.2 Å². The molecule has 0 bridgehead atoms. The van der Waals surface area contributed by atoms with Gasteiger partial charge in [0.2, 0.25) is 0 Å². The van der Waals surface area contributed by atoms with Crippen LogP contribution in [0.5, 0.6) is 0 Å². The van der Waals surface area contributed by atoms with Gasteiger partial charge in [0.15, 0.2) is 5.76 Å². The minimum Gasteiger partial charge on any atom is -0.463 e. The third-order valence-electron chi connectivity index (χ3n) is 5.90. The molecule has 1 aliphatic rings. The van der Waals surface area contributed by atoms with Gasteiger partial charge in [0.1, 0.15) is 11.4 Å². The smallest absolute Gasteiger partial charge is 0.272 e. The summed E-state index contributed by atoms with van der Waals surface area (Å²) in [6.45, 7) is 3.54. The number of piperazine rings is 1. The van der Waals surface area contributed by atoms with Gasteiger partial charge in [-0.05, 0) is 23.8 Å². The summed E-state index contributed by atoms with van der Waals surface area (Å²) in [4.78, 5) is 28.5. The normalized spacial score (nSPS) is 14.3. The largest absolute Gasteiger partial charge is 0.463 e. The quantitative estimate of drug-likeness (QED) is 0.321. The Bertz CT molecular complexity index is 1290. The van der Waals surface area contributed by atoms with Crippen LogP contribution in [-0.2, 0) is 6.54 Å². The van der Waals surface area contributed by atoms with E-state index in [0.717, 1.165) is 19.6 Å². The zero-order chi connectivity index (χ0) is 23.5. The minimum absolute atomic E-state index is 0.0690. The van der Waals surface area contributed by atoms with Crippen molar-refractivity contribution in [3.05, 3.63) is 100 Å². The first-order valence-electron chi connectivity index (χ1n) is 11.0. The van der Waals surface area contributed by atoms with E-state index in [9.17, 15) is 14.9 Å². The summed E-state index contributed by atoms with van der Waals surface area (Å²) < 4.78 is 6.93. The molecule has 1 fully saturated rings. The summed E-state index contributed by atoms with van der Waals surface area (Å²) in [5.74, 6) is 0.349. The van der Waals surface area contributed by atoms with Crippen molar-refractivity contribution in [2.45, 2.75) is 6.54 Å². The van der Waals surface area contributed by atoms with Gasteiger partial charge in [-0.25, -0.2) is 4.68 Å². The highest BCUT2D eigenvalue weighted by Gasteiger charge is 2.27. The number of amides is 1. The second-order valence-corrected chi connectivity index (χ2v) is 8.13. The van der Waals surface area contributed by atoms with E-state index >= 15 is 0 Å². The molecule has 0 spiro atoms. The second kappa shape index (κ2) is 9.32. The highest BCUT2D eigenvalue weighted by molar-refractivity contribution is 5.94. The molecule has 0 aliphatic carbocycles. The number of nitrogens with zero attached hydrogens (tertiary/aromatic N) is 5. The minimum atomic E-state index is -0.464. The van der Waals surface area contributed by atoms with Crippen LogP contribution in [0.3, 0.4) is 0 Å². The molecule has 0 saturated carbocycles. The van der Waals surface area contributed by atoms with Crippen LogP contribution in [0.25, 0.3) is 17.1 Å². The molecule has 5 rings (SSSR count). The molecular formula is C25H23N5O4. The third kappa shape index (κ3) is 4.46. The fourth-order valence-electron chi connectivity index (χ4n) is 4.13. The Hall–Kier alpha value is -4.24. The van der Waals surface area contributed by atoms with Crippen molar-refractivity contribution in [3.8, 4) is 17.1 Å². The van der Waals surface area contributed by atoms with Crippen molar-refractivity contribution in [1.29, 1.82) is 0 Å². The monoisotopic (exact) mass is 457 g/mol. The molecule has 2 aromatic carbocycles. The van der Waals surface area contributed by atoms with Gasteiger partial charge < -0.3 is 9.32 Å². The zero-order valence-electron chi connectivity index (χ0n) is 18.4. The number of hydrogen-bond donors (Lipinski definition) is 0. The molecule has 0 N–H and O–H groups in total. The SMILES string of the molecule is O=C(c1cc(-c2ccco2)nn1-c1cccc([N+](=O)[O-])c1)N1CCN(Cc2ccccc2)CC1. The number of nitro benzene ring substituents is 1. The van der Waals surface area contributed by atoms with Gasteiger partial charge in [-0.2, -0.15) is 5.10 Å². The first-order valence-corrected chi connectivity index (χ1v) is 11.0. The molecule has 172 valence electrons. The lowest BCUT2D eigenvalue weighted by Crippen LogP contribution is -2.48. The van der Waals surface area contributed by atoms with E-state index in [1.807, 2.05) is 18.2 Å². The Morgan fingerprint density at radius 2 is 1.76 bits per heavy atom. The molecule has 9 nitrogen and oxygen atoms in total. The van der Waals surface area contributed by atoms with Gasteiger partial charge >= 0.3 is 0 Å². The number of carbonyl (C=O) groups is 1. The van der Waals surface area contributed by atoms with Gasteiger partial charge in [-0.1, -0.05) is 36.4 Å². The van der Waals surface area contributed by atoms with Gasteiger partial charge in [0.05, 0.1) is 16.9 Å². The molecule has 1 saturated heterocycles. The number of aromatic nitrogens is 2. The van der Waals surface area contributed by atoms with E-state index in [1.165, 1.54) is 28.6 Å². The molecule has 1 aliphatic heterocycles. The number of nitro groups is 1. The number of hydrogen-bond acceptors (Lipinski definition) is 6. The number of carbonyl (C=O) groups excluding carboxylic acids is 1. The Kier molecular flexibility index (Phi) is 5.92. The first kappa shape index (κ1) is 21.6. The van der Waals surface area contributed by atoms with Crippen molar-refractivity contribution in [2.24, 2.45) is 0 Å². The molecule has 1 amide bonds. The highest BCUT2D eigenvalue weighted by atomic mass is 16.6. The Morgan fingerprint density at radius 1 is 0.971 bits per heavy atom. The van der Waals surface area contributed by atoms with Gasteiger partial charge in [-0.15, -0.1) is 0 Å². The topological polar surface area (TPSA) is 97.6 Å². The fourth-order valence-corrected chi connectivity index (χ4v) is 4.13.